The number of halogens is 1. The molecule has 2 amide bonds. The van der Waals surface area contributed by atoms with Crippen LogP contribution in [-0.2, 0) is 9.59 Å². The number of nitriles is 1. The van der Waals surface area contributed by atoms with Gasteiger partial charge in [-0.2, -0.15) is 5.26 Å². The lowest BCUT2D eigenvalue weighted by atomic mass is 10.0. The van der Waals surface area contributed by atoms with E-state index < -0.39 is 5.91 Å². The Morgan fingerprint density at radius 1 is 1.22 bits per heavy atom. The first-order valence-corrected chi connectivity index (χ1v) is 9.31. The van der Waals surface area contributed by atoms with Crippen LogP contribution in [0.2, 0.25) is 0 Å². The second-order valence-electron chi connectivity index (χ2n) is 6.35. The Hall–Kier alpha value is -2.91. The van der Waals surface area contributed by atoms with Gasteiger partial charge in [-0.05, 0) is 56.2 Å². The number of nitrogens with one attached hydrogen (secondary N) is 1. The standard InChI is InChI=1S/C21H18BrN3O2/c1-4-25-18-8-7-14(22)10-15(18)19(21(25)27)16(11-23)20(26)24-17-9-12(2)5-6-13(17)3/h5-10H,4H2,1-3H3,(H,24,26)/b19-16+. The van der Waals surface area contributed by atoms with E-state index in [4.69, 9.17) is 0 Å². The van der Waals surface area contributed by atoms with E-state index in [1.54, 1.807) is 11.0 Å². The van der Waals surface area contributed by atoms with E-state index in [1.165, 1.54) is 0 Å². The minimum atomic E-state index is -0.585. The summed E-state index contributed by atoms with van der Waals surface area (Å²) < 4.78 is 0.775. The highest BCUT2D eigenvalue weighted by Crippen LogP contribution is 2.40. The second-order valence-corrected chi connectivity index (χ2v) is 7.26. The largest absolute Gasteiger partial charge is 0.321 e. The van der Waals surface area contributed by atoms with Crippen LogP contribution in [0.4, 0.5) is 11.4 Å². The van der Waals surface area contributed by atoms with Crippen molar-refractivity contribution in [2.75, 3.05) is 16.8 Å². The second kappa shape index (κ2) is 7.37. The normalized spacial score (nSPS) is 14.6. The summed E-state index contributed by atoms with van der Waals surface area (Å²) >= 11 is 3.40. The van der Waals surface area contributed by atoms with Crippen LogP contribution in [0.3, 0.4) is 0 Å². The van der Waals surface area contributed by atoms with E-state index in [9.17, 15) is 14.9 Å². The summed E-state index contributed by atoms with van der Waals surface area (Å²) in [5.41, 5.74) is 3.74. The van der Waals surface area contributed by atoms with Crippen molar-refractivity contribution < 1.29 is 9.59 Å². The molecule has 0 atom stereocenters. The van der Waals surface area contributed by atoms with E-state index in [2.05, 4.69) is 21.2 Å². The van der Waals surface area contributed by atoms with Gasteiger partial charge in [0.25, 0.3) is 11.8 Å². The van der Waals surface area contributed by atoms with Crippen molar-refractivity contribution in [2.45, 2.75) is 20.8 Å². The van der Waals surface area contributed by atoms with Crippen LogP contribution in [0.25, 0.3) is 5.57 Å². The number of hydrogen-bond donors (Lipinski definition) is 1. The molecule has 0 saturated heterocycles. The minimum Gasteiger partial charge on any atom is -0.321 e. The number of aryl methyl sites for hydroxylation is 2. The van der Waals surface area contributed by atoms with Gasteiger partial charge in [-0.15, -0.1) is 0 Å². The lowest BCUT2D eigenvalue weighted by molar-refractivity contribution is -0.114. The maximum Gasteiger partial charge on any atom is 0.267 e. The van der Waals surface area contributed by atoms with Crippen molar-refractivity contribution in [1.29, 1.82) is 5.26 Å². The number of carbonyl (C=O) groups is 2. The molecule has 1 heterocycles. The monoisotopic (exact) mass is 423 g/mol. The van der Waals surface area contributed by atoms with Crippen LogP contribution in [0, 0.1) is 25.2 Å². The Bertz CT molecular complexity index is 1030. The number of hydrogen-bond acceptors (Lipinski definition) is 3. The topological polar surface area (TPSA) is 73.2 Å². The molecule has 0 unspecified atom stereocenters. The molecule has 1 aliphatic heterocycles. The highest BCUT2D eigenvalue weighted by atomic mass is 79.9. The van der Waals surface area contributed by atoms with Crippen LogP contribution in [-0.4, -0.2) is 18.4 Å². The number of fused-ring (bicyclic) bond motifs is 1. The van der Waals surface area contributed by atoms with Crippen LogP contribution in [0.1, 0.15) is 23.6 Å². The van der Waals surface area contributed by atoms with Crippen LogP contribution >= 0.6 is 15.9 Å². The third-order valence-electron chi connectivity index (χ3n) is 4.52. The van der Waals surface area contributed by atoms with Gasteiger partial charge in [-0.25, -0.2) is 0 Å². The highest BCUT2D eigenvalue weighted by molar-refractivity contribution is 9.10. The van der Waals surface area contributed by atoms with Crippen LogP contribution in [0.5, 0.6) is 0 Å². The lowest BCUT2D eigenvalue weighted by Gasteiger charge is -2.13. The van der Waals surface area contributed by atoms with Gasteiger partial charge in [0, 0.05) is 22.3 Å². The number of amides is 2. The smallest absolute Gasteiger partial charge is 0.267 e. The molecule has 0 bridgehead atoms. The van der Waals surface area contributed by atoms with Crippen molar-refractivity contribution in [3.05, 3.63) is 63.1 Å². The summed E-state index contributed by atoms with van der Waals surface area (Å²) in [7, 11) is 0. The maximum absolute atomic E-state index is 12.9. The van der Waals surface area contributed by atoms with Gasteiger partial charge in [-0.1, -0.05) is 28.1 Å². The van der Waals surface area contributed by atoms with Gasteiger partial charge in [0.05, 0.1) is 11.3 Å². The average Bonchev–Trinajstić information content (AvgIpc) is 2.90. The molecule has 1 N–H and O–H groups in total. The lowest BCUT2D eigenvalue weighted by Crippen LogP contribution is -2.27. The molecule has 27 heavy (non-hydrogen) atoms. The van der Waals surface area contributed by atoms with E-state index in [-0.39, 0.29) is 17.1 Å². The molecule has 0 radical (unpaired) electrons. The zero-order valence-corrected chi connectivity index (χ0v) is 16.8. The fourth-order valence-corrected chi connectivity index (χ4v) is 3.50. The molecule has 3 rings (SSSR count). The Morgan fingerprint density at radius 2 is 1.96 bits per heavy atom. The number of likely N-dealkylation sites (N-methyl/N-ethyl adjacent to an activating group) is 1. The predicted molar refractivity (Wildman–Crippen MR) is 109 cm³/mol. The molecule has 2 aromatic carbocycles. The van der Waals surface area contributed by atoms with E-state index in [0.717, 1.165) is 15.6 Å². The highest BCUT2D eigenvalue weighted by Gasteiger charge is 2.36. The number of carbonyl (C=O) groups excluding carboxylic acids is 2. The Labute approximate surface area is 166 Å². The summed E-state index contributed by atoms with van der Waals surface area (Å²) in [6.07, 6.45) is 0. The van der Waals surface area contributed by atoms with Crippen molar-refractivity contribution >= 4 is 44.7 Å². The van der Waals surface area contributed by atoms with Gasteiger partial charge in [-0.3, -0.25) is 9.59 Å². The fraction of sp³-hybridized carbons (Fsp3) is 0.190. The van der Waals surface area contributed by atoms with Crippen molar-refractivity contribution in [1.82, 2.24) is 0 Å². The van der Waals surface area contributed by atoms with Crippen LogP contribution < -0.4 is 10.2 Å². The fourth-order valence-electron chi connectivity index (χ4n) is 3.13. The first kappa shape index (κ1) is 18.9. The summed E-state index contributed by atoms with van der Waals surface area (Å²) in [4.78, 5) is 27.3. The zero-order valence-electron chi connectivity index (χ0n) is 15.3. The molecule has 0 fully saturated rings. The number of anilines is 2. The van der Waals surface area contributed by atoms with Gasteiger partial charge in [0.1, 0.15) is 11.6 Å². The molecule has 6 heteroatoms. The molecule has 1 aliphatic rings. The summed E-state index contributed by atoms with van der Waals surface area (Å²) in [5.74, 6) is -0.920. The van der Waals surface area contributed by atoms with E-state index in [1.807, 2.05) is 57.2 Å². The number of nitrogens with zero attached hydrogens (tertiary/aromatic N) is 2. The first-order valence-electron chi connectivity index (χ1n) is 8.52. The Kier molecular flexibility index (Phi) is 5.15. The maximum atomic E-state index is 12.9. The molecular weight excluding hydrogens is 406 g/mol. The van der Waals surface area contributed by atoms with Crippen molar-refractivity contribution in [3.8, 4) is 6.07 Å². The SMILES string of the molecule is CCN1C(=O)/C(=C(\C#N)C(=O)Nc2cc(C)ccc2C)c2cc(Br)ccc21. The molecule has 2 aromatic rings. The summed E-state index contributed by atoms with van der Waals surface area (Å²) in [6.45, 7) is 6.11. The summed E-state index contributed by atoms with van der Waals surface area (Å²) in [6, 6.07) is 13.0. The van der Waals surface area contributed by atoms with E-state index >= 15 is 0 Å². The molecule has 0 aliphatic carbocycles. The third-order valence-corrected chi connectivity index (χ3v) is 5.02. The van der Waals surface area contributed by atoms with Gasteiger partial charge >= 0.3 is 0 Å². The quantitative estimate of drug-likeness (QED) is 0.588. The van der Waals surface area contributed by atoms with Gasteiger partial charge in [0.2, 0.25) is 0 Å². The Morgan fingerprint density at radius 3 is 2.63 bits per heavy atom. The molecule has 5 nitrogen and oxygen atoms in total. The first-order chi connectivity index (χ1) is 12.9. The molecule has 0 spiro atoms. The molecular formula is C21H18BrN3O2. The van der Waals surface area contributed by atoms with Crippen molar-refractivity contribution in [2.24, 2.45) is 0 Å². The third kappa shape index (κ3) is 3.38. The minimum absolute atomic E-state index is 0.137. The van der Waals surface area contributed by atoms with Gasteiger partial charge < -0.3 is 10.2 Å². The molecule has 0 aromatic heterocycles. The summed E-state index contributed by atoms with van der Waals surface area (Å²) in [5, 5.41) is 12.5. The van der Waals surface area contributed by atoms with Crippen LogP contribution in [0.15, 0.2) is 46.4 Å². The molecule has 136 valence electrons. The zero-order chi connectivity index (χ0) is 19.7. The number of rotatable bonds is 3. The van der Waals surface area contributed by atoms with Crippen molar-refractivity contribution in [3.63, 3.8) is 0 Å². The molecule has 0 saturated carbocycles. The number of benzene rings is 2. The Balaban J connectivity index is 2.11. The predicted octanol–water partition coefficient (Wildman–Crippen LogP) is 4.35. The average molecular weight is 424 g/mol. The van der Waals surface area contributed by atoms with E-state index in [0.29, 0.717) is 23.5 Å². The van der Waals surface area contributed by atoms with Gasteiger partial charge in [0.15, 0.2) is 0 Å².